The fourth-order valence-corrected chi connectivity index (χ4v) is 3.34. The van der Waals surface area contributed by atoms with Crippen LogP contribution in [0.5, 0.6) is 0 Å². The molecule has 0 aliphatic carbocycles. The van der Waals surface area contributed by atoms with Crippen molar-refractivity contribution < 1.29 is 0 Å². The molecule has 0 amide bonds. The second-order valence-electron chi connectivity index (χ2n) is 5.68. The SMILES string of the molecule is CCc1c(C)nn(C2CCc3ccccc3NC2)c1C. The van der Waals surface area contributed by atoms with Crippen LogP contribution in [0.4, 0.5) is 5.69 Å². The van der Waals surface area contributed by atoms with Crippen LogP contribution in [-0.2, 0) is 12.8 Å². The number of hydrogen-bond acceptors (Lipinski definition) is 2. The van der Waals surface area contributed by atoms with Crippen molar-refractivity contribution in [3.05, 3.63) is 46.8 Å². The average molecular weight is 269 g/mol. The van der Waals surface area contributed by atoms with Gasteiger partial charge in [0.25, 0.3) is 0 Å². The van der Waals surface area contributed by atoms with Crippen molar-refractivity contribution >= 4 is 5.69 Å². The van der Waals surface area contributed by atoms with Crippen molar-refractivity contribution in [3.63, 3.8) is 0 Å². The van der Waals surface area contributed by atoms with Crippen molar-refractivity contribution in [1.29, 1.82) is 0 Å². The molecule has 0 radical (unpaired) electrons. The number of nitrogens with zero attached hydrogens (tertiary/aromatic N) is 2. The highest BCUT2D eigenvalue weighted by molar-refractivity contribution is 5.52. The topological polar surface area (TPSA) is 29.9 Å². The molecule has 0 saturated carbocycles. The predicted molar refractivity (Wildman–Crippen MR) is 83.4 cm³/mol. The quantitative estimate of drug-likeness (QED) is 0.901. The van der Waals surface area contributed by atoms with E-state index >= 15 is 0 Å². The highest BCUT2D eigenvalue weighted by Crippen LogP contribution is 2.27. The first-order chi connectivity index (χ1) is 9.70. The molecular weight excluding hydrogens is 246 g/mol. The number of aromatic nitrogens is 2. The fraction of sp³-hybridized carbons (Fsp3) is 0.471. The van der Waals surface area contributed by atoms with Crippen molar-refractivity contribution in [3.8, 4) is 0 Å². The van der Waals surface area contributed by atoms with Crippen LogP contribution in [0, 0.1) is 13.8 Å². The molecule has 1 N–H and O–H groups in total. The second-order valence-corrected chi connectivity index (χ2v) is 5.68. The van der Waals surface area contributed by atoms with E-state index in [4.69, 9.17) is 5.10 Å². The van der Waals surface area contributed by atoms with E-state index in [1.807, 2.05) is 0 Å². The molecule has 1 atom stereocenters. The Morgan fingerprint density at radius 2 is 2.10 bits per heavy atom. The molecule has 0 fully saturated rings. The van der Waals surface area contributed by atoms with E-state index in [0.29, 0.717) is 6.04 Å². The van der Waals surface area contributed by atoms with Gasteiger partial charge < -0.3 is 5.32 Å². The summed E-state index contributed by atoms with van der Waals surface area (Å²) in [4.78, 5) is 0. The fourth-order valence-electron chi connectivity index (χ4n) is 3.34. The Labute approximate surface area is 121 Å². The Kier molecular flexibility index (Phi) is 3.51. The Hall–Kier alpha value is -1.77. The van der Waals surface area contributed by atoms with Gasteiger partial charge in [-0.3, -0.25) is 4.68 Å². The molecule has 3 rings (SSSR count). The van der Waals surface area contributed by atoms with E-state index in [1.54, 1.807) is 0 Å². The molecule has 1 aliphatic heterocycles. The summed E-state index contributed by atoms with van der Waals surface area (Å²) in [6.45, 7) is 7.50. The normalized spacial score (nSPS) is 18.2. The zero-order chi connectivity index (χ0) is 14.1. The molecule has 2 heterocycles. The molecule has 1 aliphatic rings. The lowest BCUT2D eigenvalue weighted by Gasteiger charge is -2.17. The largest absolute Gasteiger partial charge is 0.383 e. The third-order valence-electron chi connectivity index (χ3n) is 4.47. The number of hydrogen-bond donors (Lipinski definition) is 1. The molecule has 3 nitrogen and oxygen atoms in total. The summed E-state index contributed by atoms with van der Waals surface area (Å²) in [5.41, 5.74) is 6.64. The lowest BCUT2D eigenvalue weighted by atomic mass is 10.1. The number of aryl methyl sites for hydroxylation is 2. The molecule has 1 aromatic carbocycles. The first-order valence-electron chi connectivity index (χ1n) is 7.57. The monoisotopic (exact) mass is 269 g/mol. The van der Waals surface area contributed by atoms with E-state index in [9.17, 15) is 0 Å². The highest BCUT2D eigenvalue weighted by atomic mass is 15.3. The molecule has 1 unspecified atom stereocenters. The Morgan fingerprint density at radius 3 is 2.85 bits per heavy atom. The van der Waals surface area contributed by atoms with E-state index in [0.717, 1.165) is 25.8 Å². The third kappa shape index (κ3) is 2.21. The molecule has 1 aromatic heterocycles. The lowest BCUT2D eigenvalue weighted by Crippen LogP contribution is -2.20. The van der Waals surface area contributed by atoms with E-state index in [-0.39, 0.29) is 0 Å². The van der Waals surface area contributed by atoms with E-state index < -0.39 is 0 Å². The van der Waals surface area contributed by atoms with Crippen LogP contribution >= 0.6 is 0 Å². The maximum Gasteiger partial charge on any atom is 0.0697 e. The minimum Gasteiger partial charge on any atom is -0.383 e. The zero-order valence-electron chi connectivity index (χ0n) is 12.6. The van der Waals surface area contributed by atoms with Crippen molar-refractivity contribution in [1.82, 2.24) is 9.78 Å². The summed E-state index contributed by atoms with van der Waals surface area (Å²) in [7, 11) is 0. The number of nitrogens with one attached hydrogen (secondary N) is 1. The Bertz CT molecular complexity index is 586. The summed E-state index contributed by atoms with van der Waals surface area (Å²) >= 11 is 0. The molecular formula is C17H23N3. The maximum absolute atomic E-state index is 4.79. The molecule has 3 heteroatoms. The zero-order valence-corrected chi connectivity index (χ0v) is 12.6. The van der Waals surface area contributed by atoms with Crippen molar-refractivity contribution in [2.24, 2.45) is 0 Å². The summed E-state index contributed by atoms with van der Waals surface area (Å²) < 4.78 is 2.24. The average Bonchev–Trinajstić information content (AvgIpc) is 2.64. The minimum atomic E-state index is 0.446. The van der Waals surface area contributed by atoms with Gasteiger partial charge in [0, 0.05) is 17.9 Å². The van der Waals surface area contributed by atoms with Gasteiger partial charge in [-0.2, -0.15) is 5.10 Å². The van der Waals surface area contributed by atoms with Gasteiger partial charge in [-0.05, 0) is 50.3 Å². The summed E-state index contributed by atoms with van der Waals surface area (Å²) in [6, 6.07) is 9.07. The van der Waals surface area contributed by atoms with Crippen molar-refractivity contribution in [2.75, 3.05) is 11.9 Å². The first-order valence-corrected chi connectivity index (χ1v) is 7.57. The number of para-hydroxylation sites is 1. The van der Waals surface area contributed by atoms with Crippen LogP contribution in [0.25, 0.3) is 0 Å². The van der Waals surface area contributed by atoms with Crippen LogP contribution in [0.3, 0.4) is 0 Å². The third-order valence-corrected chi connectivity index (χ3v) is 4.47. The van der Waals surface area contributed by atoms with Gasteiger partial charge in [0.05, 0.1) is 11.7 Å². The van der Waals surface area contributed by atoms with Crippen LogP contribution in [0.1, 0.15) is 41.9 Å². The molecule has 0 spiro atoms. The summed E-state index contributed by atoms with van der Waals surface area (Å²) in [5, 5.41) is 8.37. The predicted octanol–water partition coefficient (Wildman–Crippen LogP) is 3.66. The van der Waals surface area contributed by atoms with E-state index in [1.165, 1.54) is 28.2 Å². The van der Waals surface area contributed by atoms with E-state index in [2.05, 4.69) is 55.0 Å². The van der Waals surface area contributed by atoms with Crippen LogP contribution in [0.15, 0.2) is 24.3 Å². The summed E-state index contributed by atoms with van der Waals surface area (Å²) in [5.74, 6) is 0. The lowest BCUT2D eigenvalue weighted by molar-refractivity contribution is 0.438. The van der Waals surface area contributed by atoms with Gasteiger partial charge in [-0.25, -0.2) is 0 Å². The molecule has 0 saturated heterocycles. The highest BCUT2D eigenvalue weighted by Gasteiger charge is 2.21. The van der Waals surface area contributed by atoms with Gasteiger partial charge in [0.2, 0.25) is 0 Å². The van der Waals surface area contributed by atoms with Gasteiger partial charge in [-0.1, -0.05) is 25.1 Å². The number of fused-ring (bicyclic) bond motifs is 1. The molecule has 20 heavy (non-hydrogen) atoms. The smallest absolute Gasteiger partial charge is 0.0697 e. The molecule has 0 bridgehead atoms. The van der Waals surface area contributed by atoms with Crippen LogP contribution < -0.4 is 5.32 Å². The van der Waals surface area contributed by atoms with Crippen LogP contribution in [0.2, 0.25) is 0 Å². The van der Waals surface area contributed by atoms with Gasteiger partial charge in [-0.15, -0.1) is 0 Å². The number of rotatable bonds is 2. The van der Waals surface area contributed by atoms with Gasteiger partial charge in [0.15, 0.2) is 0 Å². The Balaban J connectivity index is 1.87. The first kappa shape index (κ1) is 13.2. The van der Waals surface area contributed by atoms with Gasteiger partial charge in [0.1, 0.15) is 0 Å². The maximum atomic E-state index is 4.79. The Morgan fingerprint density at radius 1 is 1.30 bits per heavy atom. The molecule has 106 valence electrons. The van der Waals surface area contributed by atoms with Crippen LogP contribution in [-0.4, -0.2) is 16.3 Å². The summed E-state index contributed by atoms with van der Waals surface area (Å²) in [6.07, 6.45) is 3.33. The number of benzene rings is 1. The van der Waals surface area contributed by atoms with Crippen molar-refractivity contribution in [2.45, 2.75) is 46.1 Å². The number of anilines is 1. The molecule has 2 aromatic rings. The minimum absolute atomic E-state index is 0.446. The second kappa shape index (κ2) is 5.31. The van der Waals surface area contributed by atoms with Gasteiger partial charge >= 0.3 is 0 Å². The standard InChI is InChI=1S/C17H23N3/c1-4-16-12(2)19-20(13(16)3)15-10-9-14-7-5-6-8-17(14)18-11-15/h5-8,15,18H,4,9-11H2,1-3H3.